The van der Waals surface area contributed by atoms with Gasteiger partial charge in [-0.05, 0) is 49.2 Å². The van der Waals surface area contributed by atoms with Gasteiger partial charge < -0.3 is 5.32 Å². The standard InChI is InChI=1S/C17H19BrFN/c1-3-8-20-11-13-5-4-12(2)9-15(13)16-10-14(18)6-7-17(16)19/h4-7,9-10,20H,3,8,11H2,1-2H3. The highest BCUT2D eigenvalue weighted by Crippen LogP contribution is 2.30. The molecule has 0 radical (unpaired) electrons. The summed E-state index contributed by atoms with van der Waals surface area (Å²) in [6.07, 6.45) is 1.09. The third-order valence-corrected chi connectivity index (χ3v) is 3.72. The average Bonchev–Trinajstić information content (AvgIpc) is 2.43. The Morgan fingerprint density at radius 2 is 1.90 bits per heavy atom. The number of hydrogen-bond acceptors (Lipinski definition) is 1. The van der Waals surface area contributed by atoms with E-state index in [4.69, 9.17) is 0 Å². The predicted octanol–water partition coefficient (Wildman–Crippen LogP) is 5.06. The van der Waals surface area contributed by atoms with Gasteiger partial charge in [0.2, 0.25) is 0 Å². The first-order chi connectivity index (χ1) is 9.61. The fourth-order valence-corrected chi connectivity index (χ4v) is 2.56. The molecule has 2 aromatic rings. The molecule has 20 heavy (non-hydrogen) atoms. The van der Waals surface area contributed by atoms with Crippen molar-refractivity contribution in [3.63, 3.8) is 0 Å². The highest BCUT2D eigenvalue weighted by Gasteiger charge is 2.10. The largest absolute Gasteiger partial charge is 0.313 e. The van der Waals surface area contributed by atoms with Gasteiger partial charge in [0.05, 0.1) is 0 Å². The number of halogens is 2. The van der Waals surface area contributed by atoms with Crippen LogP contribution in [-0.4, -0.2) is 6.54 Å². The number of rotatable bonds is 5. The summed E-state index contributed by atoms with van der Waals surface area (Å²) in [6.45, 7) is 5.89. The first-order valence-electron chi connectivity index (χ1n) is 6.87. The van der Waals surface area contributed by atoms with E-state index in [0.29, 0.717) is 5.56 Å². The van der Waals surface area contributed by atoms with E-state index >= 15 is 0 Å². The summed E-state index contributed by atoms with van der Waals surface area (Å²) in [5, 5.41) is 3.38. The van der Waals surface area contributed by atoms with Crippen molar-refractivity contribution in [3.8, 4) is 11.1 Å². The van der Waals surface area contributed by atoms with Gasteiger partial charge in [-0.15, -0.1) is 0 Å². The highest BCUT2D eigenvalue weighted by molar-refractivity contribution is 9.10. The molecule has 0 saturated carbocycles. The number of nitrogens with one attached hydrogen (secondary N) is 1. The Bertz CT molecular complexity index is 596. The second kappa shape index (κ2) is 7.00. The van der Waals surface area contributed by atoms with E-state index in [-0.39, 0.29) is 5.82 Å². The Morgan fingerprint density at radius 3 is 2.65 bits per heavy atom. The second-order valence-electron chi connectivity index (χ2n) is 4.96. The van der Waals surface area contributed by atoms with Crippen molar-refractivity contribution in [2.24, 2.45) is 0 Å². The Kier molecular flexibility index (Phi) is 5.32. The van der Waals surface area contributed by atoms with Gasteiger partial charge in [0.25, 0.3) is 0 Å². The molecule has 0 spiro atoms. The first kappa shape index (κ1) is 15.2. The molecule has 2 rings (SSSR count). The van der Waals surface area contributed by atoms with Crippen LogP contribution in [0.5, 0.6) is 0 Å². The molecule has 0 unspecified atom stereocenters. The van der Waals surface area contributed by atoms with Crippen LogP contribution in [0.25, 0.3) is 11.1 Å². The van der Waals surface area contributed by atoms with Gasteiger partial charge in [0, 0.05) is 16.6 Å². The first-order valence-corrected chi connectivity index (χ1v) is 7.66. The molecular weight excluding hydrogens is 317 g/mol. The van der Waals surface area contributed by atoms with E-state index in [9.17, 15) is 4.39 Å². The molecule has 0 aliphatic carbocycles. The topological polar surface area (TPSA) is 12.0 Å². The van der Waals surface area contributed by atoms with Crippen molar-refractivity contribution < 1.29 is 4.39 Å². The molecule has 3 heteroatoms. The lowest BCUT2D eigenvalue weighted by Gasteiger charge is -2.13. The third-order valence-electron chi connectivity index (χ3n) is 3.23. The van der Waals surface area contributed by atoms with Gasteiger partial charge in [-0.2, -0.15) is 0 Å². The molecule has 0 amide bonds. The summed E-state index contributed by atoms with van der Waals surface area (Å²) in [5.74, 6) is -0.185. The van der Waals surface area contributed by atoms with E-state index in [1.807, 2.05) is 19.1 Å². The molecule has 1 N–H and O–H groups in total. The van der Waals surface area contributed by atoms with Crippen molar-refractivity contribution in [2.45, 2.75) is 26.8 Å². The molecule has 0 fully saturated rings. The van der Waals surface area contributed by atoms with Gasteiger partial charge in [-0.25, -0.2) is 4.39 Å². The zero-order valence-corrected chi connectivity index (χ0v) is 13.4. The fourth-order valence-electron chi connectivity index (χ4n) is 2.20. The van der Waals surface area contributed by atoms with Crippen molar-refractivity contribution in [1.29, 1.82) is 0 Å². The van der Waals surface area contributed by atoms with Crippen LogP contribution in [0.3, 0.4) is 0 Å². The fraction of sp³-hybridized carbons (Fsp3) is 0.294. The lowest BCUT2D eigenvalue weighted by molar-refractivity contribution is 0.630. The monoisotopic (exact) mass is 335 g/mol. The molecule has 2 aromatic carbocycles. The SMILES string of the molecule is CCCNCc1ccc(C)cc1-c1cc(Br)ccc1F. The highest BCUT2D eigenvalue weighted by atomic mass is 79.9. The smallest absolute Gasteiger partial charge is 0.131 e. The van der Waals surface area contributed by atoms with Gasteiger partial charge in [-0.3, -0.25) is 0 Å². The van der Waals surface area contributed by atoms with Crippen molar-refractivity contribution in [1.82, 2.24) is 5.32 Å². The van der Waals surface area contributed by atoms with Crippen molar-refractivity contribution >= 4 is 15.9 Å². The quantitative estimate of drug-likeness (QED) is 0.752. The number of hydrogen-bond donors (Lipinski definition) is 1. The molecule has 0 aromatic heterocycles. The second-order valence-corrected chi connectivity index (χ2v) is 5.88. The van der Waals surface area contributed by atoms with Crippen molar-refractivity contribution in [3.05, 3.63) is 57.8 Å². The van der Waals surface area contributed by atoms with Crippen LogP contribution in [0.2, 0.25) is 0 Å². The van der Waals surface area contributed by atoms with Gasteiger partial charge >= 0.3 is 0 Å². The molecule has 0 aliphatic rings. The minimum atomic E-state index is -0.185. The maximum absolute atomic E-state index is 14.1. The van der Waals surface area contributed by atoms with Crippen molar-refractivity contribution in [2.75, 3.05) is 6.54 Å². The van der Waals surface area contributed by atoms with Crippen LogP contribution >= 0.6 is 15.9 Å². The third kappa shape index (κ3) is 3.68. The summed E-state index contributed by atoms with van der Waals surface area (Å²) in [6, 6.07) is 11.3. The summed E-state index contributed by atoms with van der Waals surface area (Å²) in [4.78, 5) is 0. The maximum atomic E-state index is 14.1. The Hall–Kier alpha value is -1.19. The summed E-state index contributed by atoms with van der Waals surface area (Å²) < 4.78 is 15.0. The van der Waals surface area contributed by atoms with Crippen LogP contribution in [0.4, 0.5) is 4.39 Å². The molecule has 0 heterocycles. The van der Waals surface area contributed by atoms with Gasteiger partial charge in [0.1, 0.15) is 5.82 Å². The van der Waals surface area contributed by atoms with E-state index in [1.54, 1.807) is 6.07 Å². The zero-order valence-electron chi connectivity index (χ0n) is 11.8. The predicted molar refractivity (Wildman–Crippen MR) is 86.3 cm³/mol. The minimum Gasteiger partial charge on any atom is -0.313 e. The number of benzene rings is 2. The Morgan fingerprint density at radius 1 is 1.10 bits per heavy atom. The molecule has 0 bridgehead atoms. The van der Waals surface area contributed by atoms with Gasteiger partial charge in [-0.1, -0.05) is 46.6 Å². The number of aryl methyl sites for hydroxylation is 1. The van der Waals surface area contributed by atoms with Gasteiger partial charge in [0.15, 0.2) is 0 Å². The summed E-state index contributed by atoms with van der Waals surface area (Å²) in [7, 11) is 0. The lowest BCUT2D eigenvalue weighted by atomic mass is 9.97. The maximum Gasteiger partial charge on any atom is 0.131 e. The molecule has 0 saturated heterocycles. The van der Waals surface area contributed by atoms with Crippen LogP contribution < -0.4 is 5.32 Å². The molecular formula is C17H19BrFN. The summed E-state index contributed by atoms with van der Waals surface area (Å²) >= 11 is 3.42. The normalized spacial score (nSPS) is 10.8. The zero-order chi connectivity index (χ0) is 14.5. The summed E-state index contributed by atoms with van der Waals surface area (Å²) in [5.41, 5.74) is 3.88. The van der Waals surface area contributed by atoms with E-state index in [1.165, 1.54) is 6.07 Å². The molecule has 0 atom stereocenters. The average molecular weight is 336 g/mol. The molecule has 106 valence electrons. The van der Waals surface area contributed by atoms with Crippen LogP contribution in [0.15, 0.2) is 40.9 Å². The lowest BCUT2D eigenvalue weighted by Crippen LogP contribution is -2.14. The Labute approximate surface area is 128 Å². The van der Waals surface area contributed by atoms with Crippen LogP contribution in [0.1, 0.15) is 24.5 Å². The van der Waals surface area contributed by atoms with Crippen LogP contribution in [0, 0.1) is 12.7 Å². The Balaban J connectivity index is 2.42. The van der Waals surface area contributed by atoms with E-state index < -0.39 is 0 Å². The molecule has 1 nitrogen and oxygen atoms in total. The molecule has 0 aliphatic heterocycles. The van der Waals surface area contributed by atoms with E-state index in [0.717, 1.165) is 40.7 Å². The van der Waals surface area contributed by atoms with Crippen LogP contribution in [-0.2, 0) is 6.54 Å². The minimum absolute atomic E-state index is 0.185. The van der Waals surface area contributed by atoms with E-state index in [2.05, 4.69) is 40.3 Å².